The van der Waals surface area contributed by atoms with Gasteiger partial charge in [-0.25, -0.2) is 13.4 Å². The van der Waals surface area contributed by atoms with Gasteiger partial charge in [0.2, 0.25) is 15.9 Å². The van der Waals surface area contributed by atoms with E-state index < -0.39 is 10.0 Å². The fourth-order valence-electron chi connectivity index (χ4n) is 2.65. The van der Waals surface area contributed by atoms with E-state index in [4.69, 9.17) is 4.42 Å². The highest BCUT2D eigenvalue weighted by Crippen LogP contribution is 2.22. The third-order valence-corrected chi connectivity index (χ3v) is 6.88. The van der Waals surface area contributed by atoms with Crippen LogP contribution in [0.15, 0.2) is 51.1 Å². The molecule has 0 spiro atoms. The number of nitrogens with zero attached hydrogens (tertiary/aromatic N) is 2. The van der Waals surface area contributed by atoms with Gasteiger partial charge in [0, 0.05) is 19.3 Å². The van der Waals surface area contributed by atoms with Crippen LogP contribution in [0.1, 0.15) is 25.0 Å². The first kappa shape index (κ1) is 18.9. The zero-order valence-corrected chi connectivity index (χ0v) is 15.9. The van der Waals surface area contributed by atoms with Gasteiger partial charge in [-0.05, 0) is 37.1 Å². The van der Waals surface area contributed by atoms with Gasteiger partial charge in [-0.15, -0.1) is 0 Å². The van der Waals surface area contributed by atoms with Gasteiger partial charge in [0.25, 0.3) is 0 Å². The van der Waals surface area contributed by atoms with E-state index in [1.165, 1.54) is 22.3 Å². The maximum atomic E-state index is 12.6. The number of hydrogen-bond donors (Lipinski definition) is 1. The third kappa shape index (κ3) is 4.87. The van der Waals surface area contributed by atoms with Gasteiger partial charge in [0.05, 0.1) is 23.6 Å². The normalized spacial score (nSPS) is 15.7. The topological polar surface area (TPSA) is 92.5 Å². The average Bonchev–Trinajstić information content (AvgIpc) is 3.19. The summed E-state index contributed by atoms with van der Waals surface area (Å²) in [5.74, 6) is 0.748. The number of rotatable bonds is 7. The molecule has 1 N–H and O–H groups in total. The molecule has 1 amide bonds. The summed E-state index contributed by atoms with van der Waals surface area (Å²) in [6.07, 6.45) is 5.79. The minimum Gasteiger partial charge on any atom is -0.467 e. The summed E-state index contributed by atoms with van der Waals surface area (Å²) >= 11 is 1.26. The van der Waals surface area contributed by atoms with Crippen molar-refractivity contribution in [3.8, 4) is 0 Å². The van der Waals surface area contributed by atoms with Crippen molar-refractivity contribution in [1.29, 1.82) is 0 Å². The number of nitrogens with one attached hydrogen (secondary N) is 1. The number of furan rings is 1. The second kappa shape index (κ2) is 8.70. The van der Waals surface area contributed by atoms with Crippen LogP contribution in [0.3, 0.4) is 0 Å². The monoisotopic (exact) mass is 395 g/mol. The molecule has 0 atom stereocenters. The number of amides is 1. The Balaban J connectivity index is 1.51. The van der Waals surface area contributed by atoms with Crippen LogP contribution in [-0.4, -0.2) is 42.5 Å². The van der Waals surface area contributed by atoms with Crippen molar-refractivity contribution in [2.24, 2.45) is 0 Å². The number of hydrogen-bond acceptors (Lipinski definition) is 6. The highest BCUT2D eigenvalue weighted by atomic mass is 32.2. The van der Waals surface area contributed by atoms with Crippen LogP contribution < -0.4 is 5.32 Å². The summed E-state index contributed by atoms with van der Waals surface area (Å²) in [5, 5.41) is 3.36. The van der Waals surface area contributed by atoms with Crippen molar-refractivity contribution < 1.29 is 17.6 Å². The first-order chi connectivity index (χ1) is 12.6. The maximum Gasteiger partial charge on any atom is 0.244 e. The van der Waals surface area contributed by atoms with Gasteiger partial charge in [0.15, 0.2) is 0 Å². The highest BCUT2D eigenvalue weighted by Gasteiger charge is 2.26. The van der Waals surface area contributed by atoms with E-state index in [1.807, 2.05) is 0 Å². The van der Waals surface area contributed by atoms with Crippen molar-refractivity contribution >= 4 is 27.7 Å². The van der Waals surface area contributed by atoms with Crippen LogP contribution in [0.4, 0.5) is 0 Å². The van der Waals surface area contributed by atoms with Crippen LogP contribution in [0.5, 0.6) is 0 Å². The van der Waals surface area contributed by atoms with Crippen molar-refractivity contribution in [2.75, 3.05) is 18.8 Å². The molecule has 0 saturated carbocycles. The van der Waals surface area contributed by atoms with Crippen molar-refractivity contribution in [1.82, 2.24) is 14.6 Å². The Labute approximate surface area is 157 Å². The molecule has 1 fully saturated rings. The van der Waals surface area contributed by atoms with E-state index >= 15 is 0 Å². The van der Waals surface area contributed by atoms with Crippen molar-refractivity contribution in [3.05, 3.63) is 42.5 Å². The predicted molar refractivity (Wildman–Crippen MR) is 98.1 cm³/mol. The molecule has 9 heteroatoms. The van der Waals surface area contributed by atoms with E-state index in [-0.39, 0.29) is 16.6 Å². The largest absolute Gasteiger partial charge is 0.467 e. The molecule has 2 aromatic rings. The summed E-state index contributed by atoms with van der Waals surface area (Å²) in [5.41, 5.74) is 0. The summed E-state index contributed by atoms with van der Waals surface area (Å²) in [7, 11) is -3.47. The Morgan fingerprint density at radius 2 is 2.04 bits per heavy atom. The van der Waals surface area contributed by atoms with Gasteiger partial charge in [0.1, 0.15) is 10.7 Å². The molecular weight excluding hydrogens is 374 g/mol. The third-order valence-electron chi connectivity index (χ3n) is 4.05. The lowest BCUT2D eigenvalue weighted by molar-refractivity contribution is -0.118. The lowest BCUT2D eigenvalue weighted by atomic mass is 10.2. The van der Waals surface area contributed by atoms with E-state index in [1.54, 1.807) is 30.5 Å². The first-order valence-corrected chi connectivity index (χ1v) is 10.9. The van der Waals surface area contributed by atoms with E-state index in [0.29, 0.717) is 30.4 Å². The molecule has 0 bridgehead atoms. The number of aromatic nitrogens is 1. The van der Waals surface area contributed by atoms with Gasteiger partial charge < -0.3 is 9.73 Å². The molecule has 2 aromatic heterocycles. The molecule has 26 heavy (non-hydrogen) atoms. The summed E-state index contributed by atoms with van der Waals surface area (Å²) < 4.78 is 31.8. The molecule has 3 rings (SSSR count). The molecule has 1 aliphatic rings. The maximum absolute atomic E-state index is 12.6. The molecule has 3 heterocycles. The fraction of sp³-hybridized carbons (Fsp3) is 0.412. The molecular formula is C17H21N3O4S2. The fourth-order valence-corrected chi connectivity index (χ4v) is 4.78. The van der Waals surface area contributed by atoms with Crippen LogP contribution in [-0.2, 0) is 21.4 Å². The Bertz CT molecular complexity index is 814. The molecule has 0 aliphatic carbocycles. The molecule has 0 radical (unpaired) electrons. The van der Waals surface area contributed by atoms with Crippen LogP contribution in [0, 0.1) is 0 Å². The SMILES string of the molecule is O=C(CSc1ccc(S(=O)(=O)N2CCCCC2)cn1)NCc1ccco1. The smallest absolute Gasteiger partial charge is 0.244 e. The van der Waals surface area contributed by atoms with E-state index in [0.717, 1.165) is 19.3 Å². The highest BCUT2D eigenvalue weighted by molar-refractivity contribution is 7.99. The molecule has 0 unspecified atom stereocenters. The Morgan fingerprint density at radius 3 is 2.69 bits per heavy atom. The summed E-state index contributed by atoms with van der Waals surface area (Å²) in [6, 6.07) is 6.75. The molecule has 1 saturated heterocycles. The average molecular weight is 396 g/mol. The summed E-state index contributed by atoms with van der Waals surface area (Å²) in [4.78, 5) is 16.2. The van der Waals surface area contributed by atoms with Gasteiger partial charge in [-0.3, -0.25) is 4.79 Å². The molecule has 7 nitrogen and oxygen atoms in total. The lowest BCUT2D eigenvalue weighted by Gasteiger charge is -2.25. The Morgan fingerprint density at radius 1 is 1.23 bits per heavy atom. The van der Waals surface area contributed by atoms with Crippen LogP contribution in [0.25, 0.3) is 0 Å². The second-order valence-corrected chi connectivity index (χ2v) is 8.88. The zero-order valence-electron chi connectivity index (χ0n) is 14.3. The molecule has 0 aromatic carbocycles. The van der Waals surface area contributed by atoms with Gasteiger partial charge >= 0.3 is 0 Å². The minimum absolute atomic E-state index is 0.141. The lowest BCUT2D eigenvalue weighted by Crippen LogP contribution is -2.35. The second-order valence-electron chi connectivity index (χ2n) is 5.94. The quantitative estimate of drug-likeness (QED) is 0.723. The number of carbonyl (C=O) groups is 1. The number of piperidine rings is 1. The van der Waals surface area contributed by atoms with E-state index in [2.05, 4.69) is 10.3 Å². The minimum atomic E-state index is -3.47. The Kier molecular flexibility index (Phi) is 6.33. The first-order valence-electron chi connectivity index (χ1n) is 8.44. The summed E-state index contributed by atoms with van der Waals surface area (Å²) in [6.45, 7) is 1.47. The van der Waals surface area contributed by atoms with E-state index in [9.17, 15) is 13.2 Å². The number of carbonyl (C=O) groups excluding carboxylic acids is 1. The number of pyridine rings is 1. The number of sulfonamides is 1. The van der Waals surface area contributed by atoms with Crippen molar-refractivity contribution in [2.45, 2.75) is 35.7 Å². The number of thioether (sulfide) groups is 1. The predicted octanol–water partition coefficient (Wildman–Crippen LogP) is 2.26. The van der Waals surface area contributed by atoms with Gasteiger partial charge in [-0.2, -0.15) is 4.31 Å². The van der Waals surface area contributed by atoms with Crippen LogP contribution >= 0.6 is 11.8 Å². The molecule has 1 aliphatic heterocycles. The Hall–Kier alpha value is -1.84. The zero-order chi connectivity index (χ0) is 18.4. The standard InChI is InChI=1S/C17H21N3O4S2/c21-16(18-11-14-5-4-10-24-14)13-25-17-7-6-15(12-19-17)26(22,23)20-8-2-1-3-9-20/h4-7,10,12H,1-3,8-9,11,13H2,(H,18,21). The van der Waals surface area contributed by atoms with Crippen molar-refractivity contribution in [3.63, 3.8) is 0 Å². The van der Waals surface area contributed by atoms with Crippen LogP contribution in [0.2, 0.25) is 0 Å². The van der Waals surface area contributed by atoms with Gasteiger partial charge in [-0.1, -0.05) is 18.2 Å². The molecule has 140 valence electrons.